The van der Waals surface area contributed by atoms with Gasteiger partial charge in [-0.2, -0.15) is 0 Å². The minimum atomic E-state index is -0.969. The van der Waals surface area contributed by atoms with Crippen LogP contribution in [0.4, 0.5) is 5.69 Å². The highest BCUT2D eigenvalue weighted by atomic mass is 16.5. The van der Waals surface area contributed by atoms with E-state index in [-0.39, 0.29) is 12.5 Å². The summed E-state index contributed by atoms with van der Waals surface area (Å²) in [5.74, 6) is 0.0352. The molecule has 1 unspecified atom stereocenters. The van der Waals surface area contributed by atoms with E-state index >= 15 is 0 Å². The SMILES string of the molecule is CCNC(COc1cccc(N(C)C)c1)(C(=O)O)C1CC1. The summed E-state index contributed by atoms with van der Waals surface area (Å²) in [5.41, 5.74) is 0.0615. The van der Waals surface area contributed by atoms with Crippen molar-refractivity contribution < 1.29 is 14.6 Å². The van der Waals surface area contributed by atoms with E-state index < -0.39 is 11.5 Å². The van der Waals surface area contributed by atoms with Gasteiger partial charge in [0.05, 0.1) is 0 Å². The molecule has 116 valence electrons. The zero-order valence-electron chi connectivity index (χ0n) is 12.9. The zero-order chi connectivity index (χ0) is 15.5. The van der Waals surface area contributed by atoms with E-state index in [0.29, 0.717) is 12.3 Å². The maximum Gasteiger partial charge on any atom is 0.327 e. The van der Waals surface area contributed by atoms with Crippen molar-refractivity contribution in [3.63, 3.8) is 0 Å². The van der Waals surface area contributed by atoms with Crippen molar-refractivity contribution in [3.05, 3.63) is 24.3 Å². The summed E-state index contributed by atoms with van der Waals surface area (Å²) in [6.07, 6.45) is 1.89. The second-order valence-electron chi connectivity index (χ2n) is 5.76. The maximum atomic E-state index is 11.7. The van der Waals surface area contributed by atoms with Crippen LogP contribution in [-0.4, -0.2) is 43.9 Å². The minimum Gasteiger partial charge on any atom is -0.491 e. The van der Waals surface area contributed by atoms with Crippen LogP contribution >= 0.6 is 0 Å². The van der Waals surface area contributed by atoms with Crippen molar-refractivity contribution in [3.8, 4) is 5.75 Å². The first-order chi connectivity index (χ1) is 9.99. The fraction of sp³-hybridized carbons (Fsp3) is 0.562. The Labute approximate surface area is 125 Å². The number of anilines is 1. The van der Waals surface area contributed by atoms with E-state index in [9.17, 15) is 9.90 Å². The second-order valence-corrected chi connectivity index (χ2v) is 5.76. The Morgan fingerprint density at radius 3 is 2.71 bits per heavy atom. The highest BCUT2D eigenvalue weighted by Gasteiger charge is 2.51. The molecule has 1 aliphatic carbocycles. The number of ether oxygens (including phenoxy) is 1. The molecule has 0 bridgehead atoms. The summed E-state index contributed by atoms with van der Waals surface area (Å²) in [6, 6.07) is 7.68. The predicted molar refractivity (Wildman–Crippen MR) is 83.0 cm³/mol. The number of rotatable bonds is 8. The Morgan fingerprint density at radius 2 is 2.19 bits per heavy atom. The van der Waals surface area contributed by atoms with Crippen LogP contribution in [0.25, 0.3) is 0 Å². The smallest absolute Gasteiger partial charge is 0.327 e. The third kappa shape index (κ3) is 3.47. The van der Waals surface area contributed by atoms with Crippen molar-refractivity contribution in [2.45, 2.75) is 25.3 Å². The number of carboxylic acid groups (broad SMARTS) is 1. The number of nitrogens with one attached hydrogen (secondary N) is 1. The van der Waals surface area contributed by atoms with E-state index in [4.69, 9.17) is 4.74 Å². The first-order valence-electron chi connectivity index (χ1n) is 7.38. The molecule has 1 aliphatic rings. The molecule has 2 rings (SSSR count). The van der Waals surface area contributed by atoms with Crippen molar-refractivity contribution in [1.29, 1.82) is 0 Å². The van der Waals surface area contributed by atoms with E-state index in [1.54, 1.807) is 0 Å². The molecule has 0 aromatic heterocycles. The monoisotopic (exact) mass is 292 g/mol. The van der Waals surface area contributed by atoms with Gasteiger partial charge in [0.15, 0.2) is 5.54 Å². The molecule has 1 atom stereocenters. The molecular weight excluding hydrogens is 268 g/mol. The molecule has 0 amide bonds. The summed E-state index contributed by atoms with van der Waals surface area (Å²) in [5, 5.41) is 12.8. The molecule has 1 aromatic rings. The Kier molecular flexibility index (Phi) is 4.73. The van der Waals surface area contributed by atoms with Crippen molar-refractivity contribution in [1.82, 2.24) is 5.32 Å². The summed E-state index contributed by atoms with van der Waals surface area (Å²) in [6.45, 7) is 2.69. The van der Waals surface area contributed by atoms with Gasteiger partial charge < -0.3 is 14.7 Å². The van der Waals surface area contributed by atoms with Crippen LogP contribution in [0.1, 0.15) is 19.8 Å². The molecule has 5 nitrogen and oxygen atoms in total. The highest BCUT2D eigenvalue weighted by molar-refractivity contribution is 5.80. The Balaban J connectivity index is 2.11. The van der Waals surface area contributed by atoms with Gasteiger partial charge in [-0.15, -0.1) is 0 Å². The number of carboxylic acids is 1. The van der Waals surface area contributed by atoms with Crippen LogP contribution < -0.4 is 15.0 Å². The van der Waals surface area contributed by atoms with E-state index in [1.165, 1.54) is 0 Å². The lowest BCUT2D eigenvalue weighted by Gasteiger charge is -2.30. The molecule has 5 heteroatoms. The third-order valence-electron chi connectivity index (χ3n) is 3.95. The molecule has 21 heavy (non-hydrogen) atoms. The van der Waals surface area contributed by atoms with Crippen LogP contribution in [0, 0.1) is 5.92 Å². The lowest BCUT2D eigenvalue weighted by Crippen LogP contribution is -2.58. The largest absolute Gasteiger partial charge is 0.491 e. The summed E-state index contributed by atoms with van der Waals surface area (Å²) in [4.78, 5) is 13.7. The summed E-state index contributed by atoms with van der Waals surface area (Å²) in [7, 11) is 3.92. The number of nitrogens with zero attached hydrogens (tertiary/aromatic N) is 1. The van der Waals surface area contributed by atoms with Gasteiger partial charge in [0.25, 0.3) is 0 Å². The Hall–Kier alpha value is -1.75. The third-order valence-corrected chi connectivity index (χ3v) is 3.95. The van der Waals surface area contributed by atoms with Gasteiger partial charge in [-0.05, 0) is 37.4 Å². The van der Waals surface area contributed by atoms with Crippen LogP contribution in [0.3, 0.4) is 0 Å². The quantitative estimate of drug-likeness (QED) is 0.767. The molecule has 0 spiro atoms. The fourth-order valence-corrected chi connectivity index (χ4v) is 2.57. The van der Waals surface area contributed by atoms with Crippen LogP contribution in [0.5, 0.6) is 5.75 Å². The predicted octanol–water partition coefficient (Wildman–Crippen LogP) is 1.97. The van der Waals surface area contributed by atoms with E-state index in [1.807, 2.05) is 50.2 Å². The lowest BCUT2D eigenvalue weighted by atomic mass is 9.94. The number of aliphatic carboxylic acids is 1. The number of likely N-dealkylation sites (N-methyl/N-ethyl adjacent to an activating group) is 1. The number of hydrogen-bond acceptors (Lipinski definition) is 4. The molecule has 1 saturated carbocycles. The topological polar surface area (TPSA) is 61.8 Å². The number of benzene rings is 1. The molecule has 1 aromatic carbocycles. The summed E-state index contributed by atoms with van der Waals surface area (Å²) >= 11 is 0. The first-order valence-corrected chi connectivity index (χ1v) is 7.38. The average Bonchev–Trinajstić information content (AvgIpc) is 3.28. The van der Waals surface area contributed by atoms with Gasteiger partial charge in [0, 0.05) is 25.8 Å². The van der Waals surface area contributed by atoms with Crippen molar-refractivity contribution >= 4 is 11.7 Å². The normalized spacial score (nSPS) is 17.1. The van der Waals surface area contributed by atoms with Gasteiger partial charge in [0.1, 0.15) is 12.4 Å². The van der Waals surface area contributed by atoms with Gasteiger partial charge in [-0.1, -0.05) is 13.0 Å². The molecule has 0 radical (unpaired) electrons. The van der Waals surface area contributed by atoms with Gasteiger partial charge in [-0.3, -0.25) is 10.1 Å². The molecule has 2 N–H and O–H groups in total. The average molecular weight is 292 g/mol. The first kappa shape index (κ1) is 15.6. The van der Waals surface area contributed by atoms with E-state index in [2.05, 4.69) is 5.32 Å². The molecule has 0 aliphatic heterocycles. The van der Waals surface area contributed by atoms with Gasteiger partial charge in [-0.25, -0.2) is 0 Å². The number of hydrogen-bond donors (Lipinski definition) is 2. The highest BCUT2D eigenvalue weighted by Crippen LogP contribution is 2.40. The fourth-order valence-electron chi connectivity index (χ4n) is 2.57. The van der Waals surface area contributed by atoms with Crippen molar-refractivity contribution in [2.75, 3.05) is 32.1 Å². The Morgan fingerprint density at radius 1 is 1.48 bits per heavy atom. The van der Waals surface area contributed by atoms with Gasteiger partial charge in [0.2, 0.25) is 0 Å². The lowest BCUT2D eigenvalue weighted by molar-refractivity contribution is -0.147. The van der Waals surface area contributed by atoms with Crippen LogP contribution in [0.2, 0.25) is 0 Å². The molecular formula is C16H24N2O3. The Bertz CT molecular complexity index is 500. The standard InChI is InChI=1S/C16H24N2O3/c1-4-17-16(15(19)20,12-8-9-12)11-21-14-7-5-6-13(10-14)18(2)3/h5-7,10,12,17H,4,8-9,11H2,1-3H3,(H,19,20). The van der Waals surface area contributed by atoms with E-state index in [0.717, 1.165) is 18.5 Å². The summed E-state index contributed by atoms with van der Waals surface area (Å²) < 4.78 is 5.81. The van der Waals surface area contributed by atoms with Crippen LogP contribution in [-0.2, 0) is 4.79 Å². The molecule has 0 saturated heterocycles. The zero-order valence-corrected chi connectivity index (χ0v) is 12.9. The maximum absolute atomic E-state index is 11.7. The van der Waals surface area contributed by atoms with Gasteiger partial charge >= 0.3 is 5.97 Å². The molecule has 1 fully saturated rings. The molecule has 0 heterocycles. The number of carbonyl (C=O) groups is 1. The second kappa shape index (κ2) is 6.35. The van der Waals surface area contributed by atoms with Crippen LogP contribution in [0.15, 0.2) is 24.3 Å². The van der Waals surface area contributed by atoms with Crippen molar-refractivity contribution in [2.24, 2.45) is 5.92 Å². The minimum absolute atomic E-state index is 0.151.